The summed E-state index contributed by atoms with van der Waals surface area (Å²) < 4.78 is 63.5. The summed E-state index contributed by atoms with van der Waals surface area (Å²) in [6.45, 7) is 3.70. The van der Waals surface area contributed by atoms with Crippen molar-refractivity contribution in [1.82, 2.24) is 0 Å². The smallest absolute Gasteiger partial charge is 0.201 e. The number of aliphatic hydroxyl groups is 1. The van der Waals surface area contributed by atoms with E-state index in [1.807, 2.05) is 0 Å². The molecule has 0 saturated heterocycles. The van der Waals surface area contributed by atoms with Gasteiger partial charge in [0.25, 0.3) is 0 Å². The van der Waals surface area contributed by atoms with Gasteiger partial charge in [0.05, 0.1) is 12.7 Å². The van der Waals surface area contributed by atoms with Crippen molar-refractivity contribution < 1.29 is 27.4 Å². The van der Waals surface area contributed by atoms with E-state index in [0.29, 0.717) is 16.7 Å². The fourth-order valence-electron chi connectivity index (χ4n) is 4.92. The maximum absolute atomic E-state index is 15.0. The first-order valence-electron chi connectivity index (χ1n) is 12.3. The first-order chi connectivity index (χ1) is 17.3. The Hall–Kier alpha value is -3.12. The van der Waals surface area contributed by atoms with Gasteiger partial charge in [0.1, 0.15) is 0 Å². The largest absolute Gasteiger partial charge is 0.491 e. The van der Waals surface area contributed by atoms with Crippen LogP contribution in [-0.4, -0.2) is 17.8 Å². The topological polar surface area (TPSA) is 29.5 Å². The molecule has 0 heterocycles. The number of rotatable bonds is 7. The molecular weight excluding hydrogens is 468 g/mol. The van der Waals surface area contributed by atoms with Crippen LogP contribution >= 0.6 is 0 Å². The summed E-state index contributed by atoms with van der Waals surface area (Å²) in [5.41, 5.74) is 1.85. The molecule has 190 valence electrons. The third-order valence-corrected chi connectivity index (χ3v) is 7.06. The SMILES string of the molecule is CCOc1ccc(/C=C/c2ccc(-c3ccc(C4CCC(C(C)O)CC4)c(F)c3F)cc2)c(F)c1F. The Kier molecular flexibility index (Phi) is 8.14. The fourth-order valence-corrected chi connectivity index (χ4v) is 4.92. The van der Waals surface area contributed by atoms with Crippen molar-refractivity contribution in [2.24, 2.45) is 5.92 Å². The minimum Gasteiger partial charge on any atom is -0.491 e. The molecule has 1 fully saturated rings. The molecule has 0 bridgehead atoms. The van der Waals surface area contributed by atoms with Gasteiger partial charge in [0.15, 0.2) is 23.2 Å². The van der Waals surface area contributed by atoms with Gasteiger partial charge in [-0.1, -0.05) is 48.6 Å². The summed E-state index contributed by atoms with van der Waals surface area (Å²) in [5, 5.41) is 9.78. The highest BCUT2D eigenvalue weighted by atomic mass is 19.2. The van der Waals surface area contributed by atoms with Gasteiger partial charge in [-0.25, -0.2) is 13.2 Å². The van der Waals surface area contributed by atoms with Crippen molar-refractivity contribution in [2.75, 3.05) is 6.61 Å². The summed E-state index contributed by atoms with van der Waals surface area (Å²) in [5.74, 6) is -3.69. The number of hydrogen-bond donors (Lipinski definition) is 1. The molecule has 6 heteroatoms. The second-order valence-electron chi connectivity index (χ2n) is 9.35. The number of hydrogen-bond acceptors (Lipinski definition) is 2. The van der Waals surface area contributed by atoms with Gasteiger partial charge in [-0.3, -0.25) is 0 Å². The van der Waals surface area contributed by atoms with E-state index in [2.05, 4.69) is 0 Å². The zero-order chi connectivity index (χ0) is 25.8. The van der Waals surface area contributed by atoms with Crippen LogP contribution in [0.15, 0.2) is 48.5 Å². The molecule has 2 nitrogen and oxygen atoms in total. The third kappa shape index (κ3) is 5.49. The van der Waals surface area contributed by atoms with Gasteiger partial charge < -0.3 is 9.84 Å². The van der Waals surface area contributed by atoms with E-state index in [-0.39, 0.29) is 41.4 Å². The molecule has 3 aromatic carbocycles. The molecule has 1 saturated carbocycles. The van der Waals surface area contributed by atoms with E-state index in [4.69, 9.17) is 4.74 Å². The lowest BCUT2D eigenvalue weighted by Gasteiger charge is -2.30. The molecule has 4 rings (SSSR count). The standard InChI is InChI=1S/C30H30F4O2/c1-3-36-26-17-14-23(27(31)30(26)34)9-6-19-4-7-21(8-5-19)24-15-16-25(29(33)28(24)32)22-12-10-20(11-13-22)18(2)35/h4-9,14-18,20,22,35H,3,10-13H2,1-2H3/b9-6+. The molecular formula is C30H30F4O2. The average Bonchev–Trinajstić information content (AvgIpc) is 2.88. The Morgan fingerprint density at radius 2 is 1.53 bits per heavy atom. The zero-order valence-electron chi connectivity index (χ0n) is 20.4. The molecule has 1 N–H and O–H groups in total. The Labute approximate surface area is 209 Å². The van der Waals surface area contributed by atoms with Crippen molar-refractivity contribution in [2.45, 2.75) is 51.6 Å². The Balaban J connectivity index is 1.49. The lowest BCUT2D eigenvalue weighted by molar-refractivity contribution is 0.0964. The molecule has 0 spiro atoms. The Morgan fingerprint density at radius 1 is 0.833 bits per heavy atom. The van der Waals surface area contributed by atoms with Gasteiger partial charge in [0, 0.05) is 11.1 Å². The molecule has 1 unspecified atom stereocenters. The second-order valence-corrected chi connectivity index (χ2v) is 9.35. The van der Waals surface area contributed by atoms with E-state index in [9.17, 15) is 13.9 Å². The molecule has 0 aliphatic heterocycles. The van der Waals surface area contributed by atoms with Crippen LogP contribution in [-0.2, 0) is 0 Å². The lowest BCUT2D eigenvalue weighted by Crippen LogP contribution is -2.23. The molecule has 1 aliphatic carbocycles. The molecule has 0 amide bonds. The van der Waals surface area contributed by atoms with Crippen molar-refractivity contribution in [3.63, 3.8) is 0 Å². The Bertz CT molecular complexity index is 1230. The van der Waals surface area contributed by atoms with Crippen LogP contribution in [0, 0.1) is 29.2 Å². The summed E-state index contributed by atoms with van der Waals surface area (Å²) in [6.07, 6.45) is 5.74. The minimum absolute atomic E-state index is 0.0519. The van der Waals surface area contributed by atoms with Crippen LogP contribution in [0.1, 0.15) is 62.1 Å². The summed E-state index contributed by atoms with van der Waals surface area (Å²) in [4.78, 5) is 0. The summed E-state index contributed by atoms with van der Waals surface area (Å²) in [7, 11) is 0. The number of aliphatic hydroxyl groups excluding tert-OH is 1. The van der Waals surface area contributed by atoms with Gasteiger partial charge in [0.2, 0.25) is 5.82 Å². The predicted octanol–water partition coefficient (Wildman–Crippen LogP) is 8.13. The normalized spacial score (nSPS) is 19.0. The molecule has 3 aromatic rings. The van der Waals surface area contributed by atoms with Gasteiger partial charge in [-0.05, 0) is 80.2 Å². The third-order valence-electron chi connectivity index (χ3n) is 7.06. The number of ether oxygens (including phenoxy) is 1. The highest BCUT2D eigenvalue weighted by Gasteiger charge is 2.28. The van der Waals surface area contributed by atoms with Gasteiger partial charge in [-0.2, -0.15) is 4.39 Å². The van der Waals surface area contributed by atoms with Crippen LogP contribution in [0.25, 0.3) is 23.3 Å². The minimum atomic E-state index is -1.04. The van der Waals surface area contributed by atoms with E-state index in [1.54, 1.807) is 56.3 Å². The van der Waals surface area contributed by atoms with Crippen LogP contribution in [0.4, 0.5) is 17.6 Å². The van der Waals surface area contributed by atoms with Crippen molar-refractivity contribution in [3.05, 3.63) is 88.5 Å². The highest BCUT2D eigenvalue weighted by molar-refractivity contribution is 5.73. The molecule has 1 atom stereocenters. The van der Waals surface area contributed by atoms with Crippen molar-refractivity contribution in [3.8, 4) is 16.9 Å². The number of benzene rings is 3. The Morgan fingerprint density at radius 3 is 2.17 bits per heavy atom. The quantitative estimate of drug-likeness (QED) is 0.263. The van der Waals surface area contributed by atoms with Crippen molar-refractivity contribution >= 4 is 12.2 Å². The monoisotopic (exact) mass is 498 g/mol. The molecule has 1 aliphatic rings. The zero-order valence-corrected chi connectivity index (χ0v) is 20.4. The average molecular weight is 499 g/mol. The van der Waals surface area contributed by atoms with E-state index >= 15 is 8.78 Å². The fraction of sp³-hybridized carbons (Fsp3) is 0.333. The first-order valence-corrected chi connectivity index (χ1v) is 12.3. The summed E-state index contributed by atoms with van der Waals surface area (Å²) >= 11 is 0. The summed E-state index contributed by atoms with van der Waals surface area (Å²) in [6, 6.07) is 12.8. The maximum atomic E-state index is 15.0. The maximum Gasteiger partial charge on any atom is 0.201 e. The van der Waals surface area contributed by atoms with Gasteiger partial charge >= 0.3 is 0 Å². The van der Waals surface area contributed by atoms with Crippen LogP contribution in [0.2, 0.25) is 0 Å². The molecule has 0 radical (unpaired) electrons. The van der Waals surface area contributed by atoms with Crippen LogP contribution < -0.4 is 4.74 Å². The molecule has 36 heavy (non-hydrogen) atoms. The highest BCUT2D eigenvalue weighted by Crippen LogP contribution is 2.39. The van der Waals surface area contributed by atoms with Crippen molar-refractivity contribution in [1.29, 1.82) is 0 Å². The van der Waals surface area contributed by atoms with Crippen LogP contribution in [0.5, 0.6) is 5.75 Å². The first kappa shape index (κ1) is 26.0. The predicted molar refractivity (Wildman–Crippen MR) is 135 cm³/mol. The van der Waals surface area contributed by atoms with Crippen LogP contribution in [0.3, 0.4) is 0 Å². The van der Waals surface area contributed by atoms with E-state index in [1.165, 1.54) is 18.2 Å². The second kappa shape index (κ2) is 11.3. The van der Waals surface area contributed by atoms with Gasteiger partial charge in [-0.15, -0.1) is 0 Å². The van der Waals surface area contributed by atoms with E-state index < -0.39 is 23.3 Å². The van der Waals surface area contributed by atoms with E-state index in [0.717, 1.165) is 25.7 Å². The number of halogens is 4. The molecule has 0 aromatic heterocycles. The lowest BCUT2D eigenvalue weighted by atomic mass is 9.76.